The van der Waals surface area contributed by atoms with Crippen LogP contribution in [0.1, 0.15) is 61.8 Å². The average molecular weight is 708 g/mol. The number of halogens is 1. The van der Waals surface area contributed by atoms with Crippen molar-refractivity contribution in [3.63, 3.8) is 0 Å². The second kappa shape index (κ2) is 17.3. The standard InChI is InChI=1S/C37H42FN3O8S/c1-48-28-15-7-24(8-16-28)31(42)22-50-36-35(41(37(36)47)27-13-11-26(38)12-14-27)25-9-17-29(18-10-25)49-21-33(44)39-20-32(43)40-30(19-34(45)46)23-5-3-2-4-6-23/h7-18,23,30-31,35-36,42H,2-6,19-22H2,1H3,(H,39,44)(H,40,43)(H,45,46)/t30-,31-,35?,36+/m0/s1. The van der Waals surface area contributed by atoms with Crippen molar-refractivity contribution in [3.05, 3.63) is 89.7 Å². The molecule has 0 radical (unpaired) electrons. The number of benzene rings is 3. The normalized spacial score (nSPS) is 18.8. The summed E-state index contributed by atoms with van der Waals surface area (Å²) in [6, 6.07) is 18.8. The van der Waals surface area contributed by atoms with E-state index in [1.165, 1.54) is 23.9 Å². The van der Waals surface area contributed by atoms with Crippen molar-refractivity contribution in [2.75, 3.05) is 30.9 Å². The van der Waals surface area contributed by atoms with Crippen LogP contribution in [-0.4, -0.2) is 71.2 Å². The number of nitrogens with one attached hydrogen (secondary N) is 2. The highest BCUT2D eigenvalue weighted by Crippen LogP contribution is 2.46. The molecule has 0 spiro atoms. The van der Waals surface area contributed by atoms with Gasteiger partial charge in [0.25, 0.3) is 5.91 Å². The maximum Gasteiger partial charge on any atom is 0.305 e. The summed E-state index contributed by atoms with van der Waals surface area (Å²) in [4.78, 5) is 51.4. The number of aliphatic hydroxyl groups is 1. The van der Waals surface area contributed by atoms with Gasteiger partial charge in [0.1, 0.15) is 22.6 Å². The summed E-state index contributed by atoms with van der Waals surface area (Å²) >= 11 is 1.34. The van der Waals surface area contributed by atoms with Crippen LogP contribution in [0.5, 0.6) is 11.5 Å². The summed E-state index contributed by atoms with van der Waals surface area (Å²) in [6.07, 6.45) is 3.88. The van der Waals surface area contributed by atoms with Crippen LogP contribution in [0.2, 0.25) is 0 Å². The van der Waals surface area contributed by atoms with Gasteiger partial charge >= 0.3 is 5.97 Å². The minimum Gasteiger partial charge on any atom is -0.497 e. The van der Waals surface area contributed by atoms with Crippen LogP contribution in [0, 0.1) is 11.7 Å². The number of β-lactam (4-membered cyclic amide) rings is 1. The first-order valence-electron chi connectivity index (χ1n) is 16.7. The van der Waals surface area contributed by atoms with Crippen LogP contribution >= 0.6 is 11.8 Å². The van der Waals surface area contributed by atoms with Gasteiger partial charge in [-0.15, -0.1) is 11.8 Å². The van der Waals surface area contributed by atoms with E-state index in [1.54, 1.807) is 72.7 Å². The fraction of sp³-hybridized carbons (Fsp3) is 0.405. The van der Waals surface area contributed by atoms with E-state index < -0.39 is 47.0 Å². The van der Waals surface area contributed by atoms with Gasteiger partial charge in [0.15, 0.2) is 6.61 Å². The molecule has 3 aromatic carbocycles. The Hall–Kier alpha value is -4.62. The van der Waals surface area contributed by atoms with E-state index in [4.69, 9.17) is 9.47 Å². The number of thioether (sulfide) groups is 1. The lowest BCUT2D eigenvalue weighted by molar-refractivity contribution is -0.138. The zero-order valence-corrected chi connectivity index (χ0v) is 28.6. The van der Waals surface area contributed by atoms with Crippen molar-refractivity contribution >= 4 is 41.1 Å². The third kappa shape index (κ3) is 9.54. The largest absolute Gasteiger partial charge is 0.497 e. The second-order valence-corrected chi connectivity index (χ2v) is 13.7. The zero-order valence-electron chi connectivity index (χ0n) is 27.8. The van der Waals surface area contributed by atoms with Crippen LogP contribution in [-0.2, 0) is 19.2 Å². The Bertz CT molecular complexity index is 1620. The van der Waals surface area contributed by atoms with Gasteiger partial charge in [-0.2, -0.15) is 0 Å². The van der Waals surface area contributed by atoms with Crippen molar-refractivity contribution in [2.24, 2.45) is 5.92 Å². The van der Waals surface area contributed by atoms with Gasteiger partial charge in [-0.3, -0.25) is 19.2 Å². The molecule has 3 aromatic rings. The number of aliphatic hydroxyl groups excluding tert-OH is 1. The number of carboxylic acid groups (broad SMARTS) is 1. The van der Waals surface area contributed by atoms with E-state index in [1.807, 2.05) is 0 Å². The van der Waals surface area contributed by atoms with Crippen molar-refractivity contribution in [1.29, 1.82) is 0 Å². The van der Waals surface area contributed by atoms with Gasteiger partial charge < -0.3 is 35.2 Å². The summed E-state index contributed by atoms with van der Waals surface area (Å²) in [7, 11) is 1.57. The van der Waals surface area contributed by atoms with Crippen molar-refractivity contribution in [1.82, 2.24) is 10.6 Å². The molecular weight excluding hydrogens is 665 g/mol. The van der Waals surface area contributed by atoms with E-state index >= 15 is 0 Å². The Morgan fingerprint density at radius 2 is 1.60 bits per heavy atom. The number of hydrogen-bond donors (Lipinski definition) is 4. The van der Waals surface area contributed by atoms with Crippen LogP contribution in [0.4, 0.5) is 10.1 Å². The fourth-order valence-corrected chi connectivity index (χ4v) is 7.71. The van der Waals surface area contributed by atoms with Gasteiger partial charge in [0.05, 0.1) is 32.2 Å². The molecule has 3 amide bonds. The molecule has 0 aromatic heterocycles. The molecule has 266 valence electrons. The highest BCUT2D eigenvalue weighted by molar-refractivity contribution is 8.00. The van der Waals surface area contributed by atoms with Gasteiger partial charge in [0.2, 0.25) is 11.8 Å². The molecule has 1 saturated carbocycles. The van der Waals surface area contributed by atoms with E-state index in [0.29, 0.717) is 22.7 Å². The molecule has 11 nitrogen and oxygen atoms in total. The molecule has 4 N–H and O–H groups in total. The van der Waals surface area contributed by atoms with E-state index in [0.717, 1.165) is 37.7 Å². The molecule has 1 aliphatic heterocycles. The third-order valence-corrected chi connectivity index (χ3v) is 10.4. The first-order valence-corrected chi connectivity index (χ1v) is 17.7. The summed E-state index contributed by atoms with van der Waals surface area (Å²) < 4.78 is 24.5. The Morgan fingerprint density at radius 1 is 0.940 bits per heavy atom. The predicted molar refractivity (Wildman–Crippen MR) is 187 cm³/mol. The lowest BCUT2D eigenvalue weighted by Crippen LogP contribution is -2.57. The highest BCUT2D eigenvalue weighted by atomic mass is 32.2. The highest BCUT2D eigenvalue weighted by Gasteiger charge is 2.49. The topological polar surface area (TPSA) is 154 Å². The minimum absolute atomic E-state index is 0.103. The second-order valence-electron chi connectivity index (χ2n) is 12.5. The van der Waals surface area contributed by atoms with E-state index in [2.05, 4.69) is 10.6 Å². The lowest BCUT2D eigenvalue weighted by atomic mass is 9.82. The lowest BCUT2D eigenvalue weighted by Gasteiger charge is -2.47. The summed E-state index contributed by atoms with van der Waals surface area (Å²) in [5.41, 5.74) is 2.03. The molecule has 2 aliphatic rings. The molecule has 50 heavy (non-hydrogen) atoms. The van der Waals surface area contributed by atoms with Crippen molar-refractivity contribution in [3.8, 4) is 11.5 Å². The molecule has 1 unspecified atom stereocenters. The average Bonchev–Trinajstić information content (AvgIpc) is 3.13. The first-order chi connectivity index (χ1) is 24.1. The van der Waals surface area contributed by atoms with Gasteiger partial charge in [-0.05, 0) is 78.4 Å². The minimum atomic E-state index is -0.978. The van der Waals surface area contributed by atoms with Crippen molar-refractivity contribution < 1.29 is 43.3 Å². The van der Waals surface area contributed by atoms with Crippen LogP contribution < -0.4 is 25.0 Å². The number of amides is 3. The number of nitrogens with zero attached hydrogens (tertiary/aromatic N) is 1. The Balaban J connectivity index is 1.16. The summed E-state index contributed by atoms with van der Waals surface area (Å²) in [6.45, 7) is -0.649. The van der Waals surface area contributed by atoms with Crippen LogP contribution in [0.15, 0.2) is 72.8 Å². The number of carbonyl (C=O) groups is 4. The molecule has 4 atom stereocenters. The number of hydrogen-bond acceptors (Lipinski definition) is 8. The van der Waals surface area contributed by atoms with E-state index in [-0.39, 0.29) is 37.2 Å². The zero-order chi connectivity index (χ0) is 35.6. The molecular formula is C37H42FN3O8S. The number of carboxylic acids is 1. The quantitative estimate of drug-likeness (QED) is 0.154. The Labute approximate surface area is 294 Å². The molecule has 1 aliphatic carbocycles. The number of methoxy groups -OCH3 is 1. The number of rotatable bonds is 16. The number of aliphatic carboxylic acids is 1. The first kappa shape index (κ1) is 36.7. The van der Waals surface area contributed by atoms with Crippen molar-refractivity contribution in [2.45, 2.75) is 62.0 Å². The molecule has 1 heterocycles. The molecule has 1 saturated heterocycles. The fourth-order valence-electron chi connectivity index (χ4n) is 6.41. The number of carbonyl (C=O) groups excluding carboxylic acids is 3. The van der Waals surface area contributed by atoms with E-state index in [9.17, 15) is 33.8 Å². The van der Waals surface area contributed by atoms with Gasteiger partial charge in [0, 0.05) is 17.5 Å². The SMILES string of the molecule is COc1ccc([C@@H](O)CS[C@H]2C(=O)N(c3ccc(F)cc3)C2c2ccc(OCC(=O)NCC(=O)N[C@@H](CC(=O)O)C3CCCCC3)cc2)cc1. The third-order valence-electron chi connectivity index (χ3n) is 9.08. The maximum atomic E-state index is 13.7. The molecule has 13 heteroatoms. The maximum absolute atomic E-state index is 13.7. The smallest absolute Gasteiger partial charge is 0.305 e. The molecule has 2 fully saturated rings. The van der Waals surface area contributed by atoms with Crippen LogP contribution in [0.3, 0.4) is 0 Å². The molecule has 5 rings (SSSR count). The van der Waals surface area contributed by atoms with Gasteiger partial charge in [-0.1, -0.05) is 43.5 Å². The Morgan fingerprint density at radius 3 is 2.24 bits per heavy atom. The van der Waals surface area contributed by atoms with Crippen LogP contribution in [0.25, 0.3) is 0 Å². The Kier molecular flexibility index (Phi) is 12.7. The molecule has 0 bridgehead atoms. The number of ether oxygens (including phenoxy) is 2. The monoisotopic (exact) mass is 707 g/mol. The number of anilines is 1. The summed E-state index contributed by atoms with van der Waals surface area (Å²) in [5.74, 6) is -1.09. The summed E-state index contributed by atoms with van der Waals surface area (Å²) in [5, 5.41) is 24.9. The van der Waals surface area contributed by atoms with Gasteiger partial charge in [-0.25, -0.2) is 4.39 Å². The predicted octanol–water partition coefficient (Wildman–Crippen LogP) is 4.79.